The highest BCUT2D eigenvalue weighted by atomic mass is 32.2. The van der Waals surface area contributed by atoms with Gasteiger partial charge in [-0.3, -0.25) is 9.52 Å². The van der Waals surface area contributed by atoms with Crippen LogP contribution in [0.4, 0.5) is 5.69 Å². The van der Waals surface area contributed by atoms with Gasteiger partial charge < -0.3 is 19.6 Å². The molecule has 0 spiro atoms. The summed E-state index contributed by atoms with van der Waals surface area (Å²) in [5.74, 6) is 0.942. The average molecular weight is 482 g/mol. The molecule has 1 aliphatic heterocycles. The summed E-state index contributed by atoms with van der Waals surface area (Å²) < 4.78 is 32.2. The van der Waals surface area contributed by atoms with Gasteiger partial charge in [0.2, 0.25) is 10.0 Å². The monoisotopic (exact) mass is 481 g/mol. The van der Waals surface area contributed by atoms with Gasteiger partial charge in [0.1, 0.15) is 11.9 Å². The van der Waals surface area contributed by atoms with Crippen LogP contribution >= 0.6 is 0 Å². The van der Waals surface area contributed by atoms with E-state index in [0.717, 1.165) is 25.3 Å². The highest BCUT2D eigenvalue weighted by Gasteiger charge is 2.34. The number of benzene rings is 1. The van der Waals surface area contributed by atoms with E-state index in [1.54, 1.807) is 17.0 Å². The van der Waals surface area contributed by atoms with Crippen molar-refractivity contribution in [2.45, 2.75) is 58.1 Å². The van der Waals surface area contributed by atoms with Crippen LogP contribution in [0.1, 0.15) is 56.3 Å². The molecule has 2 aliphatic rings. The maximum absolute atomic E-state index is 13.4. The molecule has 1 aromatic carbocycles. The number of likely N-dealkylation sites (N-methyl/N-ethyl adjacent to an activating group) is 1. The Bertz CT molecular complexity index is 917. The number of rotatable bonds is 8. The van der Waals surface area contributed by atoms with Crippen LogP contribution in [0.3, 0.4) is 0 Å². The van der Waals surface area contributed by atoms with Crippen LogP contribution < -0.4 is 9.46 Å². The van der Waals surface area contributed by atoms with Crippen LogP contribution in [0.5, 0.6) is 5.75 Å². The molecule has 1 aliphatic carbocycles. The number of sulfonamides is 1. The summed E-state index contributed by atoms with van der Waals surface area (Å²) in [6, 6.07) is 4.43. The van der Waals surface area contributed by atoms with Crippen LogP contribution in [0.15, 0.2) is 18.2 Å². The molecule has 8 nitrogen and oxygen atoms in total. The summed E-state index contributed by atoms with van der Waals surface area (Å²) in [5, 5.41) is 9.78. The van der Waals surface area contributed by atoms with Gasteiger partial charge >= 0.3 is 0 Å². The van der Waals surface area contributed by atoms with Gasteiger partial charge in [-0.25, -0.2) is 8.42 Å². The summed E-state index contributed by atoms with van der Waals surface area (Å²) in [6.07, 6.45) is 7.43. The average Bonchev–Trinajstić information content (AvgIpc) is 2.75. The number of ether oxygens (including phenoxy) is 1. The van der Waals surface area contributed by atoms with E-state index in [1.165, 1.54) is 38.2 Å². The smallest absolute Gasteiger partial charge is 0.258 e. The zero-order chi connectivity index (χ0) is 24.2. The largest absolute Gasteiger partial charge is 0.488 e. The molecule has 0 radical (unpaired) electrons. The van der Waals surface area contributed by atoms with E-state index in [1.807, 2.05) is 6.92 Å². The predicted molar refractivity (Wildman–Crippen MR) is 130 cm³/mol. The molecule has 33 heavy (non-hydrogen) atoms. The first-order chi connectivity index (χ1) is 15.6. The second-order valence-electron chi connectivity index (χ2n) is 9.93. The lowest BCUT2D eigenvalue weighted by Gasteiger charge is -2.38. The molecule has 9 heteroatoms. The summed E-state index contributed by atoms with van der Waals surface area (Å²) >= 11 is 0. The predicted octanol–water partition coefficient (Wildman–Crippen LogP) is 2.79. The molecule has 1 aromatic rings. The summed E-state index contributed by atoms with van der Waals surface area (Å²) in [7, 11) is -1.36. The van der Waals surface area contributed by atoms with Crippen molar-refractivity contribution >= 4 is 21.6 Å². The molecule has 0 aromatic heterocycles. The number of nitrogens with one attached hydrogen (secondary N) is 1. The molecule has 1 fully saturated rings. The van der Waals surface area contributed by atoms with Gasteiger partial charge in [0.05, 0.1) is 24.5 Å². The van der Waals surface area contributed by atoms with Gasteiger partial charge in [-0.05, 0) is 50.9 Å². The Hall–Kier alpha value is -1.84. The zero-order valence-corrected chi connectivity index (χ0v) is 21.1. The minimum absolute atomic E-state index is 0.0544. The van der Waals surface area contributed by atoms with E-state index in [0.29, 0.717) is 23.5 Å². The van der Waals surface area contributed by atoms with Gasteiger partial charge in [0, 0.05) is 31.2 Å². The standard InChI is InChI=1S/C24H39N3O5S/c1-17-13-27(18(2)16-28)24(29)21-12-20(25-33(4,30)31)10-11-22(21)32-23(17)15-26(3)14-19-8-6-5-7-9-19/h10-12,17-19,23,25,28H,5-9,13-16H2,1-4H3/t17-,18+,23+/m1/s1. The van der Waals surface area contributed by atoms with Gasteiger partial charge in [0.25, 0.3) is 5.91 Å². The number of fused-ring (bicyclic) bond motifs is 1. The number of nitrogens with zero attached hydrogens (tertiary/aromatic N) is 2. The molecular weight excluding hydrogens is 442 g/mol. The van der Waals surface area contributed by atoms with Crippen LogP contribution in [0.25, 0.3) is 0 Å². The van der Waals surface area contributed by atoms with Gasteiger partial charge in [-0.15, -0.1) is 0 Å². The quantitative estimate of drug-likeness (QED) is 0.592. The first kappa shape index (κ1) is 25.8. The summed E-state index contributed by atoms with van der Waals surface area (Å²) in [6.45, 7) is 5.96. The first-order valence-electron chi connectivity index (χ1n) is 12.0. The Morgan fingerprint density at radius 2 is 1.94 bits per heavy atom. The number of carbonyl (C=O) groups excluding carboxylic acids is 1. The van der Waals surface area contributed by atoms with Crippen molar-refractivity contribution in [2.75, 3.05) is 44.3 Å². The fourth-order valence-corrected chi connectivity index (χ4v) is 5.47. The molecule has 0 saturated heterocycles. The number of aliphatic hydroxyl groups is 1. The molecule has 0 bridgehead atoms. The molecule has 186 valence electrons. The SMILES string of the molecule is C[C@@H]1CN([C@@H](C)CO)C(=O)c2cc(NS(C)(=O)=O)ccc2O[C@H]1CN(C)CC1CCCCC1. The van der Waals surface area contributed by atoms with Crippen molar-refractivity contribution < 1.29 is 23.1 Å². The topological polar surface area (TPSA) is 99.2 Å². The number of amides is 1. The van der Waals surface area contributed by atoms with Gasteiger partial charge in [-0.1, -0.05) is 26.2 Å². The van der Waals surface area contributed by atoms with E-state index < -0.39 is 10.0 Å². The lowest BCUT2D eigenvalue weighted by Crippen LogP contribution is -2.50. The Balaban J connectivity index is 1.86. The maximum Gasteiger partial charge on any atom is 0.258 e. The normalized spacial score (nSPS) is 23.5. The maximum atomic E-state index is 13.4. The molecule has 1 saturated carbocycles. The van der Waals surface area contributed by atoms with Crippen molar-refractivity contribution in [3.05, 3.63) is 23.8 Å². The van der Waals surface area contributed by atoms with Crippen molar-refractivity contribution in [3.8, 4) is 5.75 Å². The van der Waals surface area contributed by atoms with Crippen LogP contribution in [0.2, 0.25) is 0 Å². The molecular formula is C24H39N3O5S. The minimum Gasteiger partial charge on any atom is -0.488 e. The number of hydrogen-bond acceptors (Lipinski definition) is 6. The molecule has 1 amide bonds. The Morgan fingerprint density at radius 3 is 2.58 bits per heavy atom. The first-order valence-corrected chi connectivity index (χ1v) is 13.9. The third kappa shape index (κ3) is 7.07. The Kier molecular flexibility index (Phi) is 8.64. The van der Waals surface area contributed by atoms with Crippen molar-refractivity contribution in [3.63, 3.8) is 0 Å². The van der Waals surface area contributed by atoms with Crippen LogP contribution in [-0.4, -0.2) is 80.9 Å². The molecule has 3 rings (SSSR count). The van der Waals surface area contributed by atoms with E-state index in [2.05, 4.69) is 23.6 Å². The van der Waals surface area contributed by atoms with E-state index in [4.69, 9.17) is 4.74 Å². The molecule has 0 unspecified atom stereocenters. The summed E-state index contributed by atoms with van der Waals surface area (Å²) in [4.78, 5) is 17.4. The molecule has 1 heterocycles. The van der Waals surface area contributed by atoms with Crippen molar-refractivity contribution in [2.24, 2.45) is 11.8 Å². The second kappa shape index (κ2) is 11.1. The number of anilines is 1. The van der Waals surface area contributed by atoms with E-state index in [-0.39, 0.29) is 30.6 Å². The van der Waals surface area contributed by atoms with E-state index >= 15 is 0 Å². The van der Waals surface area contributed by atoms with Crippen molar-refractivity contribution in [1.29, 1.82) is 0 Å². The fourth-order valence-electron chi connectivity index (χ4n) is 4.91. The minimum atomic E-state index is -3.48. The highest BCUT2D eigenvalue weighted by Crippen LogP contribution is 2.31. The second-order valence-corrected chi connectivity index (χ2v) is 11.7. The Morgan fingerprint density at radius 1 is 1.24 bits per heavy atom. The van der Waals surface area contributed by atoms with Crippen molar-refractivity contribution in [1.82, 2.24) is 9.80 Å². The zero-order valence-electron chi connectivity index (χ0n) is 20.3. The lowest BCUT2D eigenvalue weighted by atomic mass is 9.89. The number of hydrogen-bond donors (Lipinski definition) is 2. The molecule has 2 N–H and O–H groups in total. The third-order valence-electron chi connectivity index (χ3n) is 6.75. The van der Waals surface area contributed by atoms with Gasteiger partial charge in [0.15, 0.2) is 0 Å². The Labute approximate surface area is 198 Å². The third-order valence-corrected chi connectivity index (χ3v) is 7.36. The van der Waals surface area contributed by atoms with Crippen LogP contribution in [-0.2, 0) is 10.0 Å². The lowest BCUT2D eigenvalue weighted by molar-refractivity contribution is 0.0330. The highest BCUT2D eigenvalue weighted by molar-refractivity contribution is 7.92. The number of aliphatic hydroxyl groups excluding tert-OH is 1. The molecule has 3 atom stereocenters. The van der Waals surface area contributed by atoms with Crippen LogP contribution in [0, 0.1) is 11.8 Å². The fraction of sp³-hybridized carbons (Fsp3) is 0.708. The van der Waals surface area contributed by atoms with Gasteiger partial charge in [-0.2, -0.15) is 0 Å². The van der Waals surface area contributed by atoms with E-state index in [9.17, 15) is 18.3 Å². The summed E-state index contributed by atoms with van der Waals surface area (Å²) in [5.41, 5.74) is 0.611. The number of carbonyl (C=O) groups is 1.